The zero-order valence-corrected chi connectivity index (χ0v) is 17.3. The number of nitrogens with zero attached hydrogens (tertiary/aromatic N) is 3. The summed E-state index contributed by atoms with van der Waals surface area (Å²) in [5, 5.41) is 4.01. The van der Waals surface area contributed by atoms with E-state index in [2.05, 4.69) is 29.2 Å². The Kier molecular flexibility index (Phi) is 6.42. The average Bonchev–Trinajstić information content (AvgIpc) is 3.44. The van der Waals surface area contributed by atoms with Gasteiger partial charge in [-0.1, -0.05) is 53.2 Å². The highest BCUT2D eigenvalue weighted by molar-refractivity contribution is 5.76. The first kappa shape index (κ1) is 20.1. The van der Waals surface area contributed by atoms with E-state index in [0.717, 1.165) is 37.2 Å². The first-order chi connectivity index (χ1) is 14.7. The lowest BCUT2D eigenvalue weighted by Gasteiger charge is -2.16. The second kappa shape index (κ2) is 9.57. The topological polar surface area (TPSA) is 68.5 Å². The lowest BCUT2D eigenvalue weighted by atomic mass is 10.1. The Bertz CT molecular complexity index is 953. The third-order valence-corrected chi connectivity index (χ3v) is 5.51. The van der Waals surface area contributed by atoms with E-state index < -0.39 is 0 Å². The van der Waals surface area contributed by atoms with Crippen LogP contribution in [-0.2, 0) is 11.2 Å². The molecular weight excluding hydrogens is 378 g/mol. The SMILES string of the molecule is Cc1ccc(OCCC2CCN(C(=O)CCc3nc(-c4ccccc4)no3)C2)cc1. The molecule has 0 saturated carbocycles. The molecule has 0 radical (unpaired) electrons. The predicted octanol–water partition coefficient (Wildman–Crippen LogP) is 4.30. The number of carbonyl (C=O) groups is 1. The van der Waals surface area contributed by atoms with Crippen LogP contribution in [0.25, 0.3) is 11.4 Å². The molecular formula is C24H27N3O3. The van der Waals surface area contributed by atoms with E-state index in [9.17, 15) is 4.79 Å². The number of rotatable bonds is 8. The highest BCUT2D eigenvalue weighted by Crippen LogP contribution is 2.22. The summed E-state index contributed by atoms with van der Waals surface area (Å²) in [6.45, 7) is 4.36. The van der Waals surface area contributed by atoms with Gasteiger partial charge in [-0.3, -0.25) is 4.79 Å². The average molecular weight is 405 g/mol. The van der Waals surface area contributed by atoms with Crippen LogP contribution in [-0.4, -0.2) is 40.6 Å². The first-order valence-corrected chi connectivity index (χ1v) is 10.5. The van der Waals surface area contributed by atoms with E-state index in [4.69, 9.17) is 9.26 Å². The fourth-order valence-corrected chi connectivity index (χ4v) is 3.71. The van der Waals surface area contributed by atoms with Crippen molar-refractivity contribution < 1.29 is 14.1 Å². The molecule has 1 aliphatic heterocycles. The highest BCUT2D eigenvalue weighted by atomic mass is 16.5. The van der Waals surface area contributed by atoms with Gasteiger partial charge in [0.05, 0.1) is 6.61 Å². The van der Waals surface area contributed by atoms with Crippen LogP contribution < -0.4 is 4.74 Å². The van der Waals surface area contributed by atoms with Crippen LogP contribution >= 0.6 is 0 Å². The van der Waals surface area contributed by atoms with Crippen molar-refractivity contribution in [1.29, 1.82) is 0 Å². The molecule has 6 nitrogen and oxygen atoms in total. The van der Waals surface area contributed by atoms with Crippen LogP contribution in [0.15, 0.2) is 59.1 Å². The molecule has 2 heterocycles. The lowest BCUT2D eigenvalue weighted by molar-refractivity contribution is -0.130. The Morgan fingerprint density at radius 2 is 1.97 bits per heavy atom. The number of aromatic nitrogens is 2. The molecule has 1 saturated heterocycles. The third kappa shape index (κ3) is 5.26. The number of hydrogen-bond donors (Lipinski definition) is 0. The Morgan fingerprint density at radius 1 is 1.17 bits per heavy atom. The molecule has 1 amide bonds. The molecule has 1 unspecified atom stereocenters. The van der Waals surface area contributed by atoms with Crippen LogP contribution in [0.3, 0.4) is 0 Å². The standard InChI is InChI=1S/C24H27N3O3/c1-18-7-9-21(10-8-18)29-16-14-19-13-15-27(17-19)23(28)12-11-22-25-24(26-30-22)20-5-3-2-4-6-20/h2-10,19H,11-17H2,1H3. The Morgan fingerprint density at radius 3 is 2.77 bits per heavy atom. The highest BCUT2D eigenvalue weighted by Gasteiger charge is 2.26. The monoisotopic (exact) mass is 405 g/mol. The largest absolute Gasteiger partial charge is 0.494 e. The van der Waals surface area contributed by atoms with Gasteiger partial charge in [-0.2, -0.15) is 4.98 Å². The minimum Gasteiger partial charge on any atom is -0.494 e. The summed E-state index contributed by atoms with van der Waals surface area (Å²) >= 11 is 0. The van der Waals surface area contributed by atoms with Gasteiger partial charge in [-0.05, 0) is 37.8 Å². The Hall–Kier alpha value is -3.15. The fourth-order valence-electron chi connectivity index (χ4n) is 3.71. The zero-order valence-electron chi connectivity index (χ0n) is 17.3. The minimum absolute atomic E-state index is 0.149. The molecule has 2 aromatic carbocycles. The van der Waals surface area contributed by atoms with Crippen LogP contribution in [0.2, 0.25) is 0 Å². The number of ether oxygens (including phenoxy) is 1. The van der Waals surface area contributed by atoms with Gasteiger partial charge in [0.15, 0.2) is 0 Å². The molecule has 0 spiro atoms. The van der Waals surface area contributed by atoms with Gasteiger partial charge in [-0.25, -0.2) is 0 Å². The molecule has 4 rings (SSSR count). The molecule has 156 valence electrons. The van der Waals surface area contributed by atoms with Gasteiger partial charge in [0.2, 0.25) is 17.6 Å². The summed E-state index contributed by atoms with van der Waals surface area (Å²) in [7, 11) is 0. The summed E-state index contributed by atoms with van der Waals surface area (Å²) in [5.74, 6) is 2.61. The summed E-state index contributed by atoms with van der Waals surface area (Å²) in [5.41, 5.74) is 2.14. The molecule has 1 aromatic heterocycles. The van der Waals surface area contributed by atoms with E-state index in [1.165, 1.54) is 5.56 Å². The van der Waals surface area contributed by atoms with Gasteiger partial charge >= 0.3 is 0 Å². The molecule has 1 fully saturated rings. The predicted molar refractivity (Wildman–Crippen MR) is 114 cm³/mol. The summed E-state index contributed by atoms with van der Waals surface area (Å²) in [4.78, 5) is 18.9. The van der Waals surface area contributed by atoms with Crippen molar-refractivity contribution in [1.82, 2.24) is 15.0 Å². The molecule has 0 aliphatic carbocycles. The van der Waals surface area contributed by atoms with Crippen molar-refractivity contribution >= 4 is 5.91 Å². The third-order valence-electron chi connectivity index (χ3n) is 5.51. The van der Waals surface area contributed by atoms with Gasteiger partial charge in [0.25, 0.3) is 0 Å². The van der Waals surface area contributed by atoms with Crippen molar-refractivity contribution in [2.45, 2.75) is 32.6 Å². The first-order valence-electron chi connectivity index (χ1n) is 10.5. The van der Waals surface area contributed by atoms with Crippen molar-refractivity contribution in [3.8, 4) is 17.1 Å². The number of amides is 1. The van der Waals surface area contributed by atoms with Crippen molar-refractivity contribution in [2.24, 2.45) is 5.92 Å². The number of aryl methyl sites for hydroxylation is 2. The maximum atomic E-state index is 12.6. The summed E-state index contributed by atoms with van der Waals surface area (Å²) in [6, 6.07) is 17.8. The van der Waals surface area contributed by atoms with Crippen molar-refractivity contribution in [3.05, 3.63) is 66.1 Å². The number of benzene rings is 2. The summed E-state index contributed by atoms with van der Waals surface area (Å²) in [6.07, 6.45) is 2.85. The second-order valence-electron chi connectivity index (χ2n) is 7.82. The molecule has 1 atom stereocenters. The molecule has 0 bridgehead atoms. The molecule has 0 N–H and O–H groups in total. The molecule has 30 heavy (non-hydrogen) atoms. The van der Waals surface area contributed by atoms with Crippen molar-refractivity contribution in [2.75, 3.05) is 19.7 Å². The summed E-state index contributed by atoms with van der Waals surface area (Å²) < 4.78 is 11.1. The van der Waals surface area contributed by atoms with E-state index in [1.54, 1.807) is 0 Å². The molecule has 1 aliphatic rings. The van der Waals surface area contributed by atoms with Crippen LogP contribution in [0, 0.1) is 12.8 Å². The quantitative estimate of drug-likeness (QED) is 0.559. The van der Waals surface area contributed by atoms with Gasteiger partial charge in [0, 0.05) is 31.5 Å². The Balaban J connectivity index is 1.19. The maximum absolute atomic E-state index is 12.6. The minimum atomic E-state index is 0.149. The van der Waals surface area contributed by atoms with Crippen molar-refractivity contribution in [3.63, 3.8) is 0 Å². The van der Waals surface area contributed by atoms with Crippen LogP contribution in [0.1, 0.15) is 30.7 Å². The lowest BCUT2D eigenvalue weighted by Crippen LogP contribution is -2.29. The van der Waals surface area contributed by atoms with E-state index in [-0.39, 0.29) is 5.91 Å². The van der Waals surface area contributed by atoms with Crippen LogP contribution in [0.4, 0.5) is 0 Å². The number of hydrogen-bond acceptors (Lipinski definition) is 5. The Labute approximate surface area is 176 Å². The van der Waals surface area contributed by atoms with E-state index in [0.29, 0.717) is 37.1 Å². The molecule has 6 heteroatoms. The number of carbonyl (C=O) groups excluding carboxylic acids is 1. The van der Waals surface area contributed by atoms with Crippen LogP contribution in [0.5, 0.6) is 5.75 Å². The van der Waals surface area contributed by atoms with Gasteiger partial charge < -0.3 is 14.2 Å². The normalized spacial score (nSPS) is 16.0. The van der Waals surface area contributed by atoms with E-state index >= 15 is 0 Å². The smallest absolute Gasteiger partial charge is 0.227 e. The maximum Gasteiger partial charge on any atom is 0.227 e. The number of likely N-dealkylation sites (tertiary alicyclic amines) is 1. The fraction of sp³-hybridized carbons (Fsp3) is 0.375. The molecule has 3 aromatic rings. The second-order valence-corrected chi connectivity index (χ2v) is 7.82. The zero-order chi connectivity index (χ0) is 20.8. The van der Waals surface area contributed by atoms with E-state index in [1.807, 2.05) is 47.4 Å². The van der Waals surface area contributed by atoms with Gasteiger partial charge in [0.1, 0.15) is 5.75 Å². The van der Waals surface area contributed by atoms with Gasteiger partial charge in [-0.15, -0.1) is 0 Å².